The van der Waals surface area contributed by atoms with E-state index < -0.39 is 0 Å². The zero-order valence-electron chi connectivity index (χ0n) is 17.0. The maximum atomic E-state index is 5.95. The van der Waals surface area contributed by atoms with E-state index in [1.54, 1.807) is 0 Å². The zero-order valence-corrected chi connectivity index (χ0v) is 17.8. The molecule has 0 atom stereocenters. The topological polar surface area (TPSA) is 31.1 Å². The summed E-state index contributed by atoms with van der Waals surface area (Å²) in [5, 5.41) is 5.72. The molecule has 1 aliphatic carbocycles. The van der Waals surface area contributed by atoms with Crippen LogP contribution in [0.3, 0.4) is 0 Å². The fraction of sp³-hybridized carbons (Fsp3) is 0.375. The molecule has 2 aromatic carbocycles. The van der Waals surface area contributed by atoms with Gasteiger partial charge < -0.3 is 15.2 Å². The number of nitrogens with one attached hydrogen (secondary N) is 2. The Labute approximate surface area is 173 Å². The lowest BCUT2D eigenvalue weighted by atomic mass is 10.1. The van der Waals surface area contributed by atoms with Gasteiger partial charge in [-0.25, -0.2) is 0 Å². The van der Waals surface area contributed by atoms with E-state index in [0.29, 0.717) is 6.04 Å². The number of nitrogens with zero attached hydrogens (tertiary/aromatic N) is 1. The molecule has 2 N–H and O–H groups in total. The maximum absolute atomic E-state index is 5.95. The molecule has 146 valence electrons. The van der Waals surface area contributed by atoms with E-state index in [4.69, 9.17) is 12.2 Å². The van der Waals surface area contributed by atoms with Gasteiger partial charge in [0.05, 0.1) is 0 Å². The molecule has 1 saturated carbocycles. The van der Waals surface area contributed by atoms with Gasteiger partial charge in [0, 0.05) is 35.4 Å². The van der Waals surface area contributed by atoms with Crippen LogP contribution in [0.5, 0.6) is 0 Å². The molecule has 0 saturated heterocycles. The fourth-order valence-electron chi connectivity index (χ4n) is 4.58. The second-order valence-corrected chi connectivity index (χ2v) is 8.52. The summed E-state index contributed by atoms with van der Waals surface area (Å²) in [7, 11) is 0. The van der Waals surface area contributed by atoms with Gasteiger partial charge in [0.2, 0.25) is 0 Å². The Morgan fingerprint density at radius 1 is 1.11 bits per heavy atom. The number of fused-ring (bicyclic) bond motifs is 1. The Balaban J connectivity index is 1.62. The molecule has 0 aliphatic heterocycles. The highest BCUT2D eigenvalue weighted by Gasteiger charge is 2.26. The summed E-state index contributed by atoms with van der Waals surface area (Å²) in [5.41, 5.74) is 7.43. The predicted octanol–water partition coefficient (Wildman–Crippen LogP) is 6.23. The number of H-pyrrole nitrogens is 1. The number of anilines is 1. The fourth-order valence-corrected chi connectivity index (χ4v) is 4.90. The van der Waals surface area contributed by atoms with E-state index in [1.165, 1.54) is 58.8 Å². The van der Waals surface area contributed by atoms with E-state index in [1.807, 2.05) is 0 Å². The third-order valence-corrected chi connectivity index (χ3v) is 6.29. The van der Waals surface area contributed by atoms with Gasteiger partial charge in [0.15, 0.2) is 5.11 Å². The van der Waals surface area contributed by atoms with Crippen molar-refractivity contribution in [2.45, 2.75) is 59.0 Å². The van der Waals surface area contributed by atoms with Crippen LogP contribution < -0.4 is 5.32 Å². The van der Waals surface area contributed by atoms with Crippen molar-refractivity contribution in [3.63, 3.8) is 0 Å². The molecule has 1 aliphatic rings. The minimum atomic E-state index is 0.514. The van der Waals surface area contributed by atoms with E-state index in [0.717, 1.165) is 17.3 Å². The minimum Gasteiger partial charge on any atom is -0.361 e. The Kier molecular flexibility index (Phi) is 5.40. The summed E-state index contributed by atoms with van der Waals surface area (Å²) in [6, 6.07) is 13.5. The van der Waals surface area contributed by atoms with Gasteiger partial charge in [-0.2, -0.15) is 0 Å². The van der Waals surface area contributed by atoms with Gasteiger partial charge in [0.1, 0.15) is 0 Å². The van der Waals surface area contributed by atoms with Crippen molar-refractivity contribution in [3.05, 3.63) is 64.8 Å². The van der Waals surface area contributed by atoms with Gasteiger partial charge in [-0.3, -0.25) is 0 Å². The monoisotopic (exact) mass is 391 g/mol. The molecule has 1 fully saturated rings. The number of aromatic amines is 1. The first-order valence-electron chi connectivity index (χ1n) is 10.2. The molecule has 3 nitrogen and oxygen atoms in total. The number of aryl methyl sites for hydroxylation is 3. The number of hydrogen-bond donors (Lipinski definition) is 2. The summed E-state index contributed by atoms with van der Waals surface area (Å²) in [4.78, 5) is 5.82. The third-order valence-electron chi connectivity index (χ3n) is 5.95. The average Bonchev–Trinajstić information content (AvgIpc) is 3.32. The van der Waals surface area contributed by atoms with Gasteiger partial charge in [-0.1, -0.05) is 48.7 Å². The first-order valence-corrected chi connectivity index (χ1v) is 10.6. The summed E-state index contributed by atoms with van der Waals surface area (Å²) in [6.45, 7) is 7.30. The van der Waals surface area contributed by atoms with Gasteiger partial charge in [-0.15, -0.1) is 0 Å². The van der Waals surface area contributed by atoms with Crippen molar-refractivity contribution >= 4 is 33.9 Å². The normalized spacial score (nSPS) is 14.5. The lowest BCUT2D eigenvalue weighted by Gasteiger charge is -2.32. The van der Waals surface area contributed by atoms with Crippen LogP contribution in [0.1, 0.15) is 47.9 Å². The van der Waals surface area contributed by atoms with Gasteiger partial charge in [0.25, 0.3) is 0 Å². The Hall–Kier alpha value is -2.33. The summed E-state index contributed by atoms with van der Waals surface area (Å²) >= 11 is 5.95. The smallest absolute Gasteiger partial charge is 0.173 e. The second-order valence-electron chi connectivity index (χ2n) is 8.13. The SMILES string of the molecule is Cc1cc(C)c(NC(=S)N(Cc2c[nH]c3ccccc23)C2CCCC2)c(C)c1. The predicted molar refractivity (Wildman–Crippen MR) is 123 cm³/mol. The molecule has 3 aromatic rings. The van der Waals surface area contributed by atoms with Gasteiger partial charge >= 0.3 is 0 Å². The number of benzene rings is 2. The lowest BCUT2D eigenvalue weighted by Crippen LogP contribution is -2.41. The van der Waals surface area contributed by atoms with Crippen LogP contribution in [0.25, 0.3) is 10.9 Å². The molecular weight excluding hydrogens is 362 g/mol. The highest BCUT2D eigenvalue weighted by molar-refractivity contribution is 7.80. The summed E-state index contributed by atoms with van der Waals surface area (Å²) in [6.07, 6.45) is 7.16. The lowest BCUT2D eigenvalue weighted by molar-refractivity contribution is 0.313. The summed E-state index contributed by atoms with van der Waals surface area (Å²) < 4.78 is 0. The number of hydrogen-bond acceptors (Lipinski definition) is 1. The molecule has 4 rings (SSSR count). The number of para-hydroxylation sites is 1. The van der Waals surface area contributed by atoms with E-state index in [2.05, 4.69) is 78.6 Å². The van der Waals surface area contributed by atoms with E-state index in [-0.39, 0.29) is 0 Å². The molecule has 0 spiro atoms. The van der Waals surface area contributed by atoms with Crippen molar-refractivity contribution in [3.8, 4) is 0 Å². The minimum absolute atomic E-state index is 0.514. The van der Waals surface area contributed by atoms with Crippen LogP contribution in [0.4, 0.5) is 5.69 Å². The largest absolute Gasteiger partial charge is 0.361 e. The molecular formula is C24H29N3S. The summed E-state index contributed by atoms with van der Waals surface area (Å²) in [5.74, 6) is 0. The maximum Gasteiger partial charge on any atom is 0.173 e. The second kappa shape index (κ2) is 7.96. The number of aromatic nitrogens is 1. The molecule has 1 heterocycles. The van der Waals surface area contributed by atoms with Crippen LogP contribution in [0.15, 0.2) is 42.6 Å². The Morgan fingerprint density at radius 3 is 2.50 bits per heavy atom. The van der Waals surface area contributed by atoms with Crippen LogP contribution in [-0.4, -0.2) is 21.0 Å². The first kappa shape index (κ1) is 19.0. The highest BCUT2D eigenvalue weighted by atomic mass is 32.1. The molecule has 0 unspecified atom stereocenters. The van der Waals surface area contributed by atoms with Crippen molar-refractivity contribution in [2.24, 2.45) is 0 Å². The van der Waals surface area contributed by atoms with Gasteiger partial charge in [-0.05, 0) is 68.6 Å². The highest BCUT2D eigenvalue weighted by Crippen LogP contribution is 2.29. The standard InChI is InChI=1S/C24H29N3S/c1-16-12-17(2)23(18(3)13-16)26-24(28)27(20-8-4-5-9-20)15-19-14-25-22-11-7-6-10-21(19)22/h6-7,10-14,20,25H,4-5,8-9,15H2,1-3H3,(H,26,28). The van der Waals surface area contributed by atoms with Crippen LogP contribution in [-0.2, 0) is 6.54 Å². The molecule has 4 heteroatoms. The van der Waals surface area contributed by atoms with Crippen molar-refractivity contribution in [1.82, 2.24) is 9.88 Å². The van der Waals surface area contributed by atoms with E-state index in [9.17, 15) is 0 Å². The molecule has 0 radical (unpaired) electrons. The van der Waals surface area contributed by atoms with Crippen molar-refractivity contribution < 1.29 is 0 Å². The van der Waals surface area contributed by atoms with E-state index >= 15 is 0 Å². The quantitative estimate of drug-likeness (QED) is 0.517. The molecule has 0 bridgehead atoms. The third kappa shape index (κ3) is 3.79. The van der Waals surface area contributed by atoms with Crippen LogP contribution in [0.2, 0.25) is 0 Å². The number of rotatable bonds is 4. The van der Waals surface area contributed by atoms with Crippen molar-refractivity contribution in [2.75, 3.05) is 5.32 Å². The van der Waals surface area contributed by atoms with Crippen molar-refractivity contribution in [1.29, 1.82) is 0 Å². The zero-order chi connectivity index (χ0) is 19.7. The molecule has 0 amide bonds. The van der Waals surface area contributed by atoms with Crippen LogP contribution in [0, 0.1) is 20.8 Å². The molecule has 28 heavy (non-hydrogen) atoms. The Morgan fingerprint density at radius 2 is 1.79 bits per heavy atom. The molecule has 1 aromatic heterocycles. The number of thiocarbonyl (C=S) groups is 1. The Bertz CT molecular complexity index is 975. The first-order chi connectivity index (χ1) is 13.5. The average molecular weight is 392 g/mol. The van der Waals surface area contributed by atoms with Crippen LogP contribution >= 0.6 is 12.2 Å².